The number of ether oxygens (including phenoxy) is 1. The first-order valence-electron chi connectivity index (χ1n) is 9.44. The van der Waals surface area contributed by atoms with Crippen LogP contribution in [0.2, 0.25) is 0 Å². The molecule has 1 aromatic carbocycles. The van der Waals surface area contributed by atoms with E-state index in [1.165, 1.54) is 47.0 Å². The number of hydrogen-bond acceptors (Lipinski definition) is 2. The van der Waals surface area contributed by atoms with Gasteiger partial charge >= 0.3 is 0 Å². The van der Waals surface area contributed by atoms with E-state index in [0.29, 0.717) is 6.10 Å². The first-order valence-corrected chi connectivity index (χ1v) is 10.2. The third-order valence-corrected chi connectivity index (χ3v) is 6.02. The zero-order chi connectivity index (χ0) is 17.2. The molecule has 4 rings (SSSR count). The Balaban J connectivity index is 1.51. The minimum absolute atomic E-state index is 0.383. The van der Waals surface area contributed by atoms with Crippen molar-refractivity contribution in [2.75, 3.05) is 13.2 Å². The lowest BCUT2D eigenvalue weighted by atomic mass is 10.1. The minimum atomic E-state index is 0.383. The molecule has 2 fully saturated rings. The van der Waals surface area contributed by atoms with Crippen LogP contribution < -0.4 is 0 Å². The van der Waals surface area contributed by atoms with Crippen LogP contribution in [0, 0.1) is 6.92 Å². The van der Waals surface area contributed by atoms with Gasteiger partial charge < -0.3 is 9.30 Å². The highest BCUT2D eigenvalue weighted by molar-refractivity contribution is 9.10. The Kier molecular flexibility index (Phi) is 5.30. The predicted octanol–water partition coefficient (Wildman–Crippen LogP) is 5.08. The van der Waals surface area contributed by atoms with Gasteiger partial charge in [0.2, 0.25) is 0 Å². The van der Waals surface area contributed by atoms with Gasteiger partial charge in [0.05, 0.1) is 6.10 Å². The summed E-state index contributed by atoms with van der Waals surface area (Å²) in [4.78, 5) is 2.56. The fourth-order valence-corrected chi connectivity index (χ4v) is 4.40. The van der Waals surface area contributed by atoms with E-state index in [1.54, 1.807) is 0 Å². The summed E-state index contributed by atoms with van der Waals surface area (Å²) in [5.41, 5.74) is 4.08. The molecule has 1 aromatic heterocycles. The molecule has 2 heterocycles. The van der Waals surface area contributed by atoms with Crippen molar-refractivity contribution in [3.8, 4) is 0 Å². The molecule has 3 nitrogen and oxygen atoms in total. The van der Waals surface area contributed by atoms with E-state index in [-0.39, 0.29) is 0 Å². The number of aryl methyl sites for hydroxylation is 1. The molecule has 1 atom stereocenters. The quantitative estimate of drug-likeness (QED) is 0.642. The number of nitrogens with zero attached hydrogens (tertiary/aromatic N) is 2. The summed E-state index contributed by atoms with van der Waals surface area (Å²) < 4.78 is 9.61. The molecular formula is C21H27BrN2O. The van der Waals surface area contributed by atoms with E-state index < -0.39 is 0 Å². The van der Waals surface area contributed by atoms with E-state index in [1.807, 2.05) is 0 Å². The fraction of sp³-hybridized carbons (Fsp3) is 0.524. The Bertz CT molecular complexity index is 716. The Morgan fingerprint density at radius 1 is 1.20 bits per heavy atom. The highest BCUT2D eigenvalue weighted by Gasteiger charge is 2.26. The van der Waals surface area contributed by atoms with Crippen LogP contribution in [0.3, 0.4) is 0 Å². The van der Waals surface area contributed by atoms with Crippen molar-refractivity contribution in [1.29, 1.82) is 0 Å². The van der Waals surface area contributed by atoms with Crippen molar-refractivity contribution < 1.29 is 4.74 Å². The van der Waals surface area contributed by atoms with E-state index in [9.17, 15) is 0 Å². The molecule has 1 aliphatic heterocycles. The van der Waals surface area contributed by atoms with Gasteiger partial charge in [0, 0.05) is 48.6 Å². The van der Waals surface area contributed by atoms with Crippen LogP contribution >= 0.6 is 15.9 Å². The Morgan fingerprint density at radius 3 is 2.80 bits per heavy atom. The zero-order valence-electron chi connectivity index (χ0n) is 15.0. The molecule has 134 valence electrons. The molecule has 0 spiro atoms. The van der Waals surface area contributed by atoms with Gasteiger partial charge in [-0.15, -0.1) is 0 Å². The van der Waals surface area contributed by atoms with E-state index in [0.717, 1.165) is 32.3 Å². The smallest absolute Gasteiger partial charge is 0.0703 e. The largest absolute Gasteiger partial charge is 0.377 e. The standard InChI is InChI=1S/C21H27BrN2O/c1-16-6-7-17(21(22)12-16)13-23(15-20-5-3-11-25-20)14-19-4-2-10-24(19)18-8-9-18/h2,4,6-7,10,12,18,20H,3,5,8-9,11,13-15H2,1H3. The summed E-state index contributed by atoms with van der Waals surface area (Å²) in [6.45, 7) is 6.02. The average Bonchev–Trinajstić information content (AvgIpc) is 3.10. The number of aromatic nitrogens is 1. The van der Waals surface area contributed by atoms with E-state index in [4.69, 9.17) is 4.74 Å². The summed E-state index contributed by atoms with van der Waals surface area (Å²) in [5, 5.41) is 0. The van der Waals surface area contributed by atoms with Gasteiger partial charge in [0.1, 0.15) is 0 Å². The molecule has 1 unspecified atom stereocenters. The second-order valence-corrected chi connectivity index (χ2v) is 8.39. The van der Waals surface area contributed by atoms with Gasteiger partial charge in [-0.3, -0.25) is 4.90 Å². The summed E-state index contributed by atoms with van der Waals surface area (Å²) in [6.07, 6.45) is 7.68. The fourth-order valence-electron chi connectivity index (χ4n) is 3.78. The molecular weight excluding hydrogens is 376 g/mol. The Hall–Kier alpha value is -1.10. The molecule has 0 N–H and O–H groups in total. The van der Waals surface area contributed by atoms with Crippen LogP contribution in [0.5, 0.6) is 0 Å². The Morgan fingerprint density at radius 2 is 2.08 bits per heavy atom. The Labute approximate surface area is 159 Å². The normalized spacial score (nSPS) is 20.5. The average molecular weight is 403 g/mol. The van der Waals surface area contributed by atoms with Crippen LogP contribution in [-0.4, -0.2) is 28.7 Å². The first-order chi connectivity index (χ1) is 12.2. The topological polar surface area (TPSA) is 17.4 Å². The highest BCUT2D eigenvalue weighted by atomic mass is 79.9. The molecule has 2 aromatic rings. The van der Waals surface area contributed by atoms with Gasteiger partial charge in [-0.2, -0.15) is 0 Å². The van der Waals surface area contributed by atoms with Crippen LogP contribution in [-0.2, 0) is 17.8 Å². The van der Waals surface area contributed by atoms with Crippen molar-refractivity contribution >= 4 is 15.9 Å². The zero-order valence-corrected chi connectivity index (χ0v) is 16.5. The number of hydrogen-bond donors (Lipinski definition) is 0. The van der Waals surface area contributed by atoms with Gasteiger partial charge in [-0.1, -0.05) is 28.1 Å². The SMILES string of the molecule is Cc1ccc(CN(Cc2cccn2C2CC2)CC2CCCO2)c(Br)c1. The number of rotatable bonds is 7. The minimum Gasteiger partial charge on any atom is -0.377 e. The maximum Gasteiger partial charge on any atom is 0.0703 e. The summed E-state index contributed by atoms with van der Waals surface area (Å²) in [6, 6.07) is 11.9. The second-order valence-electron chi connectivity index (χ2n) is 7.54. The third kappa shape index (κ3) is 4.36. The molecule has 0 bridgehead atoms. The maximum atomic E-state index is 5.92. The lowest BCUT2D eigenvalue weighted by Crippen LogP contribution is -2.32. The van der Waals surface area contributed by atoms with Crippen LogP contribution in [0.15, 0.2) is 41.0 Å². The third-order valence-electron chi connectivity index (χ3n) is 5.28. The molecule has 25 heavy (non-hydrogen) atoms. The van der Waals surface area contributed by atoms with Crippen LogP contribution in [0.4, 0.5) is 0 Å². The number of halogens is 1. The van der Waals surface area contributed by atoms with Gasteiger partial charge in [0.25, 0.3) is 0 Å². The molecule has 1 aliphatic carbocycles. The summed E-state index contributed by atoms with van der Waals surface area (Å²) in [5.74, 6) is 0. The number of benzene rings is 1. The predicted molar refractivity (Wildman–Crippen MR) is 105 cm³/mol. The molecule has 0 amide bonds. The van der Waals surface area contributed by atoms with Gasteiger partial charge in [0.15, 0.2) is 0 Å². The maximum absolute atomic E-state index is 5.92. The van der Waals surface area contributed by atoms with E-state index in [2.05, 4.69) is 68.8 Å². The van der Waals surface area contributed by atoms with Crippen LogP contribution in [0.25, 0.3) is 0 Å². The van der Waals surface area contributed by atoms with Crippen molar-refractivity contribution in [1.82, 2.24) is 9.47 Å². The second kappa shape index (κ2) is 7.65. The van der Waals surface area contributed by atoms with Crippen molar-refractivity contribution in [2.45, 2.75) is 57.8 Å². The van der Waals surface area contributed by atoms with Crippen molar-refractivity contribution in [3.63, 3.8) is 0 Å². The van der Waals surface area contributed by atoms with E-state index >= 15 is 0 Å². The molecule has 1 saturated carbocycles. The van der Waals surface area contributed by atoms with Crippen LogP contribution in [0.1, 0.15) is 48.5 Å². The summed E-state index contributed by atoms with van der Waals surface area (Å²) in [7, 11) is 0. The molecule has 1 saturated heterocycles. The highest BCUT2D eigenvalue weighted by Crippen LogP contribution is 2.36. The lowest BCUT2D eigenvalue weighted by molar-refractivity contribution is 0.0670. The molecule has 2 aliphatic rings. The van der Waals surface area contributed by atoms with Gasteiger partial charge in [-0.25, -0.2) is 0 Å². The lowest BCUT2D eigenvalue weighted by Gasteiger charge is -2.26. The first kappa shape index (κ1) is 17.3. The monoisotopic (exact) mass is 402 g/mol. The van der Waals surface area contributed by atoms with Gasteiger partial charge in [-0.05, 0) is 61.9 Å². The van der Waals surface area contributed by atoms with Crippen molar-refractivity contribution in [2.24, 2.45) is 0 Å². The molecule has 0 radical (unpaired) electrons. The molecule has 4 heteroatoms. The summed E-state index contributed by atoms with van der Waals surface area (Å²) >= 11 is 3.75. The van der Waals surface area contributed by atoms with Crippen molar-refractivity contribution in [3.05, 3.63) is 57.8 Å².